The molecule has 0 aromatic carbocycles. The molecule has 1 atom stereocenters. The SMILES string of the molecule is [2H]C1([2H])NCC2c3sccc3C([2H])([2H])C([2H])([2H])N2C1([2H])[2H]. The van der Waals surface area contributed by atoms with E-state index in [4.69, 9.17) is 11.0 Å². The predicted octanol–water partition coefficient (Wildman–Crippen LogP) is 1.25. The second-order valence-corrected chi connectivity index (χ2v) is 3.89. The molecule has 0 amide bonds. The Balaban J connectivity index is 2.25. The zero-order valence-corrected chi connectivity index (χ0v) is 7.61. The number of piperazine rings is 1. The Labute approximate surface area is 93.8 Å². The van der Waals surface area contributed by atoms with Crippen molar-refractivity contribution in [3.63, 3.8) is 0 Å². The van der Waals surface area contributed by atoms with E-state index in [2.05, 4.69) is 5.32 Å². The Bertz CT molecular complexity index is 583. The van der Waals surface area contributed by atoms with Gasteiger partial charge in [-0.25, -0.2) is 0 Å². The molecule has 2 nitrogen and oxygen atoms in total. The number of rotatable bonds is 0. The van der Waals surface area contributed by atoms with Crippen molar-refractivity contribution in [3.8, 4) is 0 Å². The van der Waals surface area contributed by atoms with Crippen molar-refractivity contribution in [1.29, 1.82) is 0 Å². The summed E-state index contributed by atoms with van der Waals surface area (Å²) in [6.07, 6.45) is -2.42. The maximum atomic E-state index is 8.14. The van der Waals surface area contributed by atoms with Crippen molar-refractivity contribution in [1.82, 2.24) is 10.2 Å². The van der Waals surface area contributed by atoms with Crippen LogP contribution in [-0.2, 0) is 6.37 Å². The molecule has 1 fully saturated rings. The van der Waals surface area contributed by atoms with Crippen LogP contribution in [0.3, 0.4) is 0 Å². The summed E-state index contributed by atoms with van der Waals surface area (Å²) in [7, 11) is 0. The number of nitrogens with zero attached hydrogens (tertiary/aromatic N) is 1. The minimum Gasteiger partial charge on any atom is -0.314 e. The van der Waals surface area contributed by atoms with Crippen LogP contribution in [0, 0.1) is 0 Å². The molecule has 1 N–H and O–H groups in total. The first-order valence-corrected chi connectivity index (χ1v) is 4.95. The van der Waals surface area contributed by atoms with Crippen molar-refractivity contribution in [2.24, 2.45) is 0 Å². The summed E-state index contributed by atoms with van der Waals surface area (Å²) in [4.78, 5) is 1.26. The van der Waals surface area contributed by atoms with Gasteiger partial charge >= 0.3 is 0 Å². The zero-order chi connectivity index (χ0) is 15.8. The lowest BCUT2D eigenvalue weighted by Gasteiger charge is -2.39. The molecule has 0 radical (unpaired) electrons. The number of thiophene rings is 1. The largest absolute Gasteiger partial charge is 0.314 e. The van der Waals surface area contributed by atoms with Crippen molar-refractivity contribution >= 4 is 11.3 Å². The fourth-order valence-electron chi connectivity index (χ4n) is 1.54. The van der Waals surface area contributed by atoms with Gasteiger partial charge in [-0.05, 0) is 23.4 Å². The van der Waals surface area contributed by atoms with E-state index < -0.39 is 31.9 Å². The van der Waals surface area contributed by atoms with Crippen LogP contribution in [0.5, 0.6) is 0 Å². The molecule has 1 unspecified atom stereocenters. The highest BCUT2D eigenvalue weighted by Gasteiger charge is 2.29. The quantitative estimate of drug-likeness (QED) is 0.681. The van der Waals surface area contributed by atoms with Gasteiger partial charge in [0.25, 0.3) is 0 Å². The monoisotopic (exact) mass is 202 g/mol. The van der Waals surface area contributed by atoms with Gasteiger partial charge in [-0.15, -0.1) is 11.3 Å². The number of nitrogens with one attached hydrogen (secondary N) is 1. The van der Waals surface area contributed by atoms with Crippen LogP contribution in [0.25, 0.3) is 0 Å². The van der Waals surface area contributed by atoms with Gasteiger partial charge in [0.2, 0.25) is 0 Å². The van der Waals surface area contributed by atoms with Gasteiger partial charge in [-0.1, -0.05) is 0 Å². The highest BCUT2D eigenvalue weighted by atomic mass is 32.1. The third-order valence-electron chi connectivity index (χ3n) is 2.18. The molecular formula is C10H14N2S. The number of fused-ring (bicyclic) bond motifs is 3. The van der Waals surface area contributed by atoms with E-state index in [1.807, 2.05) is 0 Å². The molecule has 70 valence electrons. The fraction of sp³-hybridized carbons (Fsp3) is 0.600. The molecule has 0 bridgehead atoms. The molecule has 3 heteroatoms. The standard InChI is InChI=1S/C10H14N2S/c1-4-12-5-3-11-7-9(12)10-8(1)2-6-13-10/h2,6,9,11H,1,3-5,7H2/i1D2,3D2,4D2,5D2. The van der Waals surface area contributed by atoms with Crippen LogP contribution >= 0.6 is 11.3 Å². The lowest BCUT2D eigenvalue weighted by Crippen LogP contribution is -2.48. The Hall–Kier alpha value is -0.380. The van der Waals surface area contributed by atoms with Gasteiger partial charge in [0.15, 0.2) is 0 Å². The first-order valence-electron chi connectivity index (χ1n) is 8.07. The number of hydrogen-bond donors (Lipinski definition) is 1. The molecule has 0 saturated carbocycles. The second-order valence-electron chi connectivity index (χ2n) is 2.94. The minimum absolute atomic E-state index is 0.0234. The first kappa shape index (κ1) is 3.33. The summed E-state index contributed by atoms with van der Waals surface area (Å²) in [6.45, 7) is -7.80. The fourth-order valence-corrected chi connectivity index (χ4v) is 2.48. The Morgan fingerprint density at radius 1 is 1.62 bits per heavy atom. The van der Waals surface area contributed by atoms with E-state index in [1.54, 1.807) is 5.38 Å². The highest BCUT2D eigenvalue weighted by Crippen LogP contribution is 2.34. The molecule has 0 aliphatic carbocycles. The lowest BCUT2D eigenvalue weighted by molar-refractivity contribution is 0.155. The second kappa shape index (κ2) is 3.08. The van der Waals surface area contributed by atoms with E-state index in [-0.39, 0.29) is 12.1 Å². The first-order chi connectivity index (χ1) is 9.44. The van der Waals surface area contributed by atoms with Gasteiger partial charge in [0.05, 0.1) is 6.04 Å². The number of hydrogen-bond acceptors (Lipinski definition) is 3. The summed E-state index contributed by atoms with van der Waals surface area (Å²) in [5.41, 5.74) is 0.221. The van der Waals surface area contributed by atoms with Crippen molar-refractivity contribution < 1.29 is 11.0 Å². The van der Waals surface area contributed by atoms with E-state index in [9.17, 15) is 0 Å². The summed E-state index contributed by atoms with van der Waals surface area (Å²) in [5, 5.41) is 4.13. The molecule has 3 rings (SSSR count). The highest BCUT2D eigenvalue weighted by molar-refractivity contribution is 7.10. The summed E-state index contributed by atoms with van der Waals surface area (Å²) in [5.74, 6) is 0. The van der Waals surface area contributed by atoms with Crippen LogP contribution < -0.4 is 5.32 Å². The molecule has 1 saturated heterocycles. The topological polar surface area (TPSA) is 15.3 Å². The minimum atomic E-state index is -2.69. The van der Waals surface area contributed by atoms with Crippen LogP contribution in [0.4, 0.5) is 0 Å². The van der Waals surface area contributed by atoms with Gasteiger partial charge in [-0.2, -0.15) is 0 Å². The van der Waals surface area contributed by atoms with Crippen LogP contribution in [-0.4, -0.2) is 30.9 Å². The molecule has 1 aromatic heterocycles. The van der Waals surface area contributed by atoms with Crippen LogP contribution in [0.1, 0.15) is 27.4 Å². The van der Waals surface area contributed by atoms with Gasteiger partial charge in [-0.3, -0.25) is 4.90 Å². The van der Waals surface area contributed by atoms with E-state index in [1.165, 1.54) is 17.4 Å². The normalized spacial score (nSPS) is 52.8. The molecule has 3 heterocycles. The Morgan fingerprint density at radius 3 is 3.62 bits per heavy atom. The van der Waals surface area contributed by atoms with E-state index in [0.717, 1.165) is 4.90 Å². The molecule has 0 spiro atoms. The summed E-state index contributed by atoms with van der Waals surface area (Å²) >= 11 is 1.24. The maximum absolute atomic E-state index is 8.14. The predicted molar refractivity (Wildman–Crippen MR) is 55.2 cm³/mol. The van der Waals surface area contributed by atoms with Gasteiger partial charge in [0, 0.05) is 41.9 Å². The van der Waals surface area contributed by atoms with Gasteiger partial charge in [0.1, 0.15) is 0 Å². The third kappa shape index (κ3) is 1.23. The maximum Gasteiger partial charge on any atom is 0.0569 e. The molecule has 2 aliphatic heterocycles. The van der Waals surface area contributed by atoms with Gasteiger partial charge < -0.3 is 5.32 Å². The average Bonchev–Trinajstić information content (AvgIpc) is 2.80. The van der Waals surface area contributed by atoms with Crippen molar-refractivity contribution in [3.05, 3.63) is 21.9 Å². The summed E-state index contributed by atoms with van der Waals surface area (Å²) < 4.78 is 64.1. The molecule has 2 aliphatic rings. The van der Waals surface area contributed by atoms with Crippen molar-refractivity contribution in [2.45, 2.75) is 12.4 Å². The van der Waals surface area contributed by atoms with E-state index in [0.29, 0.717) is 4.88 Å². The van der Waals surface area contributed by atoms with Crippen LogP contribution in [0.2, 0.25) is 0 Å². The zero-order valence-electron chi connectivity index (χ0n) is 14.8. The molecular weight excluding hydrogens is 180 g/mol. The Morgan fingerprint density at radius 2 is 2.62 bits per heavy atom. The van der Waals surface area contributed by atoms with Crippen LogP contribution in [0.15, 0.2) is 11.4 Å². The van der Waals surface area contributed by atoms with E-state index >= 15 is 0 Å². The lowest BCUT2D eigenvalue weighted by atomic mass is 10.0. The molecule has 13 heavy (non-hydrogen) atoms. The number of aryl methyl sites for hydroxylation is 1. The Kier molecular flexibility index (Phi) is 0.790. The smallest absolute Gasteiger partial charge is 0.0569 e. The van der Waals surface area contributed by atoms with Crippen molar-refractivity contribution in [2.75, 3.05) is 26.0 Å². The molecule has 1 aromatic rings. The third-order valence-corrected chi connectivity index (χ3v) is 3.20. The summed E-state index contributed by atoms with van der Waals surface area (Å²) in [6, 6.07) is 0.784. The average molecular weight is 202 g/mol.